The largest absolute Gasteiger partial charge is 0.428 e. The molecule has 0 unspecified atom stereocenters. The molecule has 3 heteroatoms. The maximum atomic E-state index is 5.90. The van der Waals surface area contributed by atoms with Crippen molar-refractivity contribution in [3.63, 3.8) is 0 Å². The lowest BCUT2D eigenvalue weighted by atomic mass is 9.98. The highest BCUT2D eigenvalue weighted by atomic mass is 28.2. The minimum atomic E-state index is 0.444. The second-order valence-corrected chi connectivity index (χ2v) is 5.68. The van der Waals surface area contributed by atoms with Crippen LogP contribution in [0.5, 0.6) is 0 Å². The molecule has 0 aliphatic carbocycles. The van der Waals surface area contributed by atoms with Crippen LogP contribution in [0.15, 0.2) is 0 Å². The van der Waals surface area contributed by atoms with Crippen molar-refractivity contribution in [3.8, 4) is 0 Å². The lowest BCUT2D eigenvalue weighted by molar-refractivity contribution is 0.0203. The summed E-state index contributed by atoms with van der Waals surface area (Å²) < 4.78 is 11.0. The third-order valence-corrected chi connectivity index (χ3v) is 2.72. The van der Waals surface area contributed by atoms with Crippen LogP contribution < -0.4 is 0 Å². The molecule has 0 radical (unpaired) electrons. The van der Waals surface area contributed by atoms with E-state index in [0.29, 0.717) is 6.10 Å². The van der Waals surface area contributed by atoms with E-state index >= 15 is 0 Å². The molecule has 15 heavy (non-hydrogen) atoms. The number of hydrogen-bond donors (Lipinski definition) is 0. The van der Waals surface area contributed by atoms with Crippen molar-refractivity contribution in [2.75, 3.05) is 13.2 Å². The van der Waals surface area contributed by atoms with Crippen LogP contribution in [0.4, 0.5) is 0 Å². The van der Waals surface area contributed by atoms with Gasteiger partial charge in [0.25, 0.3) is 0 Å². The zero-order chi connectivity index (χ0) is 11.7. The Hall–Kier alpha value is 0.137. The van der Waals surface area contributed by atoms with Crippen LogP contribution in [0, 0.1) is 11.8 Å². The zero-order valence-electron chi connectivity index (χ0n) is 11.1. The topological polar surface area (TPSA) is 18.5 Å². The van der Waals surface area contributed by atoms with Crippen molar-refractivity contribution >= 4 is 10.5 Å². The van der Waals surface area contributed by atoms with Gasteiger partial charge < -0.3 is 9.16 Å². The third kappa shape index (κ3) is 10.4. The Morgan fingerprint density at radius 1 is 0.933 bits per heavy atom. The van der Waals surface area contributed by atoms with Gasteiger partial charge in [0, 0.05) is 13.2 Å². The molecule has 0 bridgehead atoms. The molecule has 0 saturated heterocycles. The number of hydrogen-bond acceptors (Lipinski definition) is 2. The standard InChI is InChI=1S/C12H28O2Si/c1-10(2)8-12(9-11(3)4)13-6-5-7-14-15/h10-12H,5-9H2,1-4,15H3. The quantitative estimate of drug-likeness (QED) is 0.448. The molecule has 0 aromatic rings. The van der Waals surface area contributed by atoms with Crippen LogP contribution in [0.3, 0.4) is 0 Å². The van der Waals surface area contributed by atoms with E-state index in [4.69, 9.17) is 9.16 Å². The first kappa shape index (κ1) is 15.1. The van der Waals surface area contributed by atoms with E-state index in [9.17, 15) is 0 Å². The van der Waals surface area contributed by atoms with E-state index < -0.39 is 0 Å². The molecule has 0 rings (SSSR count). The maximum absolute atomic E-state index is 5.90. The van der Waals surface area contributed by atoms with Crippen LogP contribution in [-0.4, -0.2) is 29.8 Å². The molecule has 2 nitrogen and oxygen atoms in total. The van der Waals surface area contributed by atoms with E-state index in [-0.39, 0.29) is 0 Å². The van der Waals surface area contributed by atoms with Crippen molar-refractivity contribution in [3.05, 3.63) is 0 Å². The molecule has 0 heterocycles. The highest BCUT2D eigenvalue weighted by molar-refractivity contribution is 5.97. The van der Waals surface area contributed by atoms with Crippen LogP contribution in [0.25, 0.3) is 0 Å². The molecule has 0 amide bonds. The Bertz CT molecular complexity index is 128. The van der Waals surface area contributed by atoms with E-state index in [1.807, 2.05) is 0 Å². The average Bonchev–Trinajstić information content (AvgIpc) is 2.10. The highest BCUT2D eigenvalue weighted by Gasteiger charge is 2.12. The molecular weight excluding hydrogens is 204 g/mol. The summed E-state index contributed by atoms with van der Waals surface area (Å²) in [6.07, 6.45) is 3.84. The smallest absolute Gasteiger partial charge is 0.145 e. The fourth-order valence-electron chi connectivity index (χ4n) is 1.74. The van der Waals surface area contributed by atoms with E-state index in [1.165, 1.54) is 12.8 Å². The molecule has 0 aromatic heterocycles. The summed E-state index contributed by atoms with van der Waals surface area (Å²) >= 11 is 0. The van der Waals surface area contributed by atoms with Gasteiger partial charge in [0.15, 0.2) is 0 Å². The normalized spacial score (nSPS) is 12.2. The van der Waals surface area contributed by atoms with Crippen molar-refractivity contribution < 1.29 is 9.16 Å². The summed E-state index contributed by atoms with van der Waals surface area (Å²) in [6, 6.07) is 0. The average molecular weight is 232 g/mol. The summed E-state index contributed by atoms with van der Waals surface area (Å²) in [7, 11) is 0.843. The second-order valence-electron chi connectivity index (χ2n) is 5.10. The van der Waals surface area contributed by atoms with Gasteiger partial charge in [-0.1, -0.05) is 27.7 Å². The van der Waals surface area contributed by atoms with E-state index in [0.717, 1.165) is 42.0 Å². The minimum absolute atomic E-state index is 0.444. The molecule has 0 atom stereocenters. The van der Waals surface area contributed by atoms with Gasteiger partial charge in [-0.15, -0.1) is 0 Å². The summed E-state index contributed by atoms with van der Waals surface area (Å²) in [5.74, 6) is 1.45. The zero-order valence-corrected chi connectivity index (χ0v) is 13.1. The molecule has 0 aliphatic heterocycles. The maximum Gasteiger partial charge on any atom is 0.145 e. The van der Waals surface area contributed by atoms with Gasteiger partial charge in [-0.05, 0) is 31.1 Å². The third-order valence-electron chi connectivity index (χ3n) is 2.31. The van der Waals surface area contributed by atoms with Crippen molar-refractivity contribution in [1.82, 2.24) is 0 Å². The van der Waals surface area contributed by atoms with Gasteiger partial charge in [-0.3, -0.25) is 0 Å². The van der Waals surface area contributed by atoms with Crippen LogP contribution in [0.2, 0.25) is 0 Å². The van der Waals surface area contributed by atoms with E-state index in [1.54, 1.807) is 0 Å². The fraction of sp³-hybridized carbons (Fsp3) is 1.00. The Kier molecular flexibility index (Phi) is 9.45. The molecule has 0 fully saturated rings. The van der Waals surface area contributed by atoms with Crippen LogP contribution >= 0.6 is 0 Å². The Morgan fingerprint density at radius 3 is 1.87 bits per heavy atom. The first-order valence-electron chi connectivity index (χ1n) is 6.16. The highest BCUT2D eigenvalue weighted by Crippen LogP contribution is 2.16. The van der Waals surface area contributed by atoms with Crippen molar-refractivity contribution in [2.45, 2.75) is 53.1 Å². The molecule has 0 aliphatic rings. The SMILES string of the molecule is CC(C)CC(CC(C)C)OCCCO[SiH3]. The molecule has 0 aromatic carbocycles. The van der Waals surface area contributed by atoms with Crippen molar-refractivity contribution in [1.29, 1.82) is 0 Å². The minimum Gasteiger partial charge on any atom is -0.428 e. The summed E-state index contributed by atoms with van der Waals surface area (Å²) in [4.78, 5) is 0. The van der Waals surface area contributed by atoms with Gasteiger partial charge in [-0.25, -0.2) is 0 Å². The van der Waals surface area contributed by atoms with Crippen LogP contribution in [0.1, 0.15) is 47.0 Å². The molecule has 0 saturated carbocycles. The fourth-order valence-corrected chi connectivity index (χ4v) is 2.03. The predicted octanol–water partition coefficient (Wildman–Crippen LogP) is 2.15. The Balaban J connectivity index is 3.69. The van der Waals surface area contributed by atoms with Gasteiger partial charge in [0.1, 0.15) is 10.5 Å². The van der Waals surface area contributed by atoms with E-state index in [2.05, 4.69) is 27.7 Å². The Labute approximate surface area is 98.3 Å². The van der Waals surface area contributed by atoms with Gasteiger partial charge >= 0.3 is 0 Å². The molecule has 0 N–H and O–H groups in total. The monoisotopic (exact) mass is 232 g/mol. The summed E-state index contributed by atoms with van der Waals surface area (Å²) in [6.45, 7) is 10.8. The molecular formula is C12H28O2Si. The Morgan fingerprint density at radius 2 is 1.47 bits per heavy atom. The number of rotatable bonds is 9. The lowest BCUT2D eigenvalue weighted by Crippen LogP contribution is -2.19. The summed E-state index contributed by atoms with van der Waals surface area (Å²) in [5, 5.41) is 0. The number of ether oxygens (including phenoxy) is 1. The van der Waals surface area contributed by atoms with Crippen LogP contribution in [-0.2, 0) is 9.16 Å². The molecule has 0 spiro atoms. The van der Waals surface area contributed by atoms with Gasteiger partial charge in [-0.2, -0.15) is 0 Å². The lowest BCUT2D eigenvalue weighted by Gasteiger charge is -2.21. The second kappa shape index (κ2) is 9.37. The van der Waals surface area contributed by atoms with Gasteiger partial charge in [0.05, 0.1) is 6.10 Å². The molecule has 92 valence electrons. The first-order chi connectivity index (χ1) is 7.06. The van der Waals surface area contributed by atoms with Crippen molar-refractivity contribution in [2.24, 2.45) is 11.8 Å². The first-order valence-corrected chi connectivity index (χ1v) is 6.98. The predicted molar refractivity (Wildman–Crippen MR) is 69.2 cm³/mol. The summed E-state index contributed by atoms with van der Waals surface area (Å²) in [5.41, 5.74) is 0. The van der Waals surface area contributed by atoms with Gasteiger partial charge in [0.2, 0.25) is 0 Å².